The molecule has 104 valence electrons. The fourth-order valence-electron chi connectivity index (χ4n) is 3.26. The molecule has 0 amide bonds. The lowest BCUT2D eigenvalue weighted by atomic mass is 9.70. The summed E-state index contributed by atoms with van der Waals surface area (Å²) in [6.07, 6.45) is 3.91. The van der Waals surface area contributed by atoms with Crippen LogP contribution in [-0.2, 0) is 0 Å². The number of anilines is 1. The second kappa shape index (κ2) is 6.51. The highest BCUT2D eigenvalue weighted by Crippen LogP contribution is 2.38. The first kappa shape index (κ1) is 14.5. The zero-order valence-electron chi connectivity index (χ0n) is 12.2. The predicted molar refractivity (Wildman–Crippen MR) is 87.5 cm³/mol. The molecule has 19 heavy (non-hydrogen) atoms. The van der Waals surface area contributed by atoms with Gasteiger partial charge >= 0.3 is 0 Å². The van der Waals surface area contributed by atoms with E-state index in [0.717, 1.165) is 22.5 Å². The minimum Gasteiger partial charge on any atom is -0.350 e. The molecule has 1 saturated carbocycles. The van der Waals surface area contributed by atoms with Gasteiger partial charge in [0.25, 0.3) is 0 Å². The van der Waals surface area contributed by atoms with Gasteiger partial charge in [-0.05, 0) is 42.7 Å². The SMILES string of the molecule is CC1CCC(C(C)C)C(C(=S)Nc2ccccc2)C1. The van der Waals surface area contributed by atoms with E-state index in [4.69, 9.17) is 12.2 Å². The van der Waals surface area contributed by atoms with Crippen LogP contribution in [0, 0.1) is 23.7 Å². The minimum absolute atomic E-state index is 0.541. The zero-order chi connectivity index (χ0) is 13.8. The second-order valence-corrected chi connectivity index (χ2v) is 6.73. The molecule has 3 unspecified atom stereocenters. The summed E-state index contributed by atoms with van der Waals surface area (Å²) in [6.45, 7) is 7.02. The molecule has 0 saturated heterocycles. The van der Waals surface area contributed by atoms with Gasteiger partial charge in [0.05, 0.1) is 4.99 Å². The van der Waals surface area contributed by atoms with Crippen LogP contribution in [-0.4, -0.2) is 4.99 Å². The summed E-state index contributed by atoms with van der Waals surface area (Å²) in [6, 6.07) is 10.3. The monoisotopic (exact) mass is 275 g/mol. The fraction of sp³-hybridized carbons (Fsp3) is 0.588. The number of hydrogen-bond acceptors (Lipinski definition) is 1. The Labute approximate surface area is 122 Å². The van der Waals surface area contributed by atoms with Crippen molar-refractivity contribution in [1.82, 2.24) is 0 Å². The topological polar surface area (TPSA) is 12.0 Å². The number of hydrogen-bond donors (Lipinski definition) is 1. The van der Waals surface area contributed by atoms with E-state index in [0.29, 0.717) is 11.8 Å². The van der Waals surface area contributed by atoms with E-state index < -0.39 is 0 Å². The molecule has 2 heteroatoms. The maximum absolute atomic E-state index is 5.69. The lowest BCUT2D eigenvalue weighted by Crippen LogP contribution is -2.35. The number of benzene rings is 1. The molecule has 1 aliphatic rings. The Morgan fingerprint density at radius 3 is 2.53 bits per heavy atom. The molecular weight excluding hydrogens is 250 g/mol. The number of para-hydroxylation sites is 1. The molecule has 0 bridgehead atoms. The average molecular weight is 275 g/mol. The minimum atomic E-state index is 0.541. The molecule has 1 aliphatic carbocycles. The molecule has 0 aliphatic heterocycles. The van der Waals surface area contributed by atoms with Crippen LogP contribution in [0.4, 0.5) is 5.69 Å². The number of thiocarbonyl (C=S) groups is 1. The van der Waals surface area contributed by atoms with Crippen LogP contribution in [0.3, 0.4) is 0 Å². The van der Waals surface area contributed by atoms with Gasteiger partial charge in [0.1, 0.15) is 0 Å². The first-order valence-electron chi connectivity index (χ1n) is 7.44. The maximum Gasteiger partial charge on any atom is 0.0831 e. The van der Waals surface area contributed by atoms with Crippen molar-refractivity contribution >= 4 is 22.9 Å². The van der Waals surface area contributed by atoms with E-state index in [1.807, 2.05) is 18.2 Å². The first-order valence-corrected chi connectivity index (χ1v) is 7.84. The molecule has 3 atom stereocenters. The predicted octanol–water partition coefficient (Wildman–Crippen LogP) is 5.13. The fourth-order valence-corrected chi connectivity index (χ4v) is 3.65. The van der Waals surface area contributed by atoms with Gasteiger partial charge in [0.15, 0.2) is 0 Å². The summed E-state index contributed by atoms with van der Waals surface area (Å²) in [5.41, 5.74) is 1.12. The van der Waals surface area contributed by atoms with Gasteiger partial charge in [-0.3, -0.25) is 0 Å². The molecule has 0 aromatic heterocycles. The molecule has 0 heterocycles. The van der Waals surface area contributed by atoms with Crippen molar-refractivity contribution in [1.29, 1.82) is 0 Å². The first-order chi connectivity index (χ1) is 9.08. The van der Waals surface area contributed by atoms with E-state index in [9.17, 15) is 0 Å². The van der Waals surface area contributed by atoms with Gasteiger partial charge in [-0.2, -0.15) is 0 Å². The van der Waals surface area contributed by atoms with E-state index in [1.54, 1.807) is 0 Å². The Balaban J connectivity index is 2.06. The lowest BCUT2D eigenvalue weighted by molar-refractivity contribution is 0.193. The van der Waals surface area contributed by atoms with Crippen molar-refractivity contribution in [3.05, 3.63) is 30.3 Å². The van der Waals surface area contributed by atoms with Crippen molar-refractivity contribution in [2.75, 3.05) is 5.32 Å². The zero-order valence-corrected chi connectivity index (χ0v) is 13.0. The third kappa shape index (κ3) is 3.79. The van der Waals surface area contributed by atoms with Crippen LogP contribution in [0.1, 0.15) is 40.0 Å². The van der Waals surface area contributed by atoms with E-state index in [-0.39, 0.29) is 0 Å². The van der Waals surface area contributed by atoms with Crippen LogP contribution < -0.4 is 5.32 Å². The van der Waals surface area contributed by atoms with Gasteiger partial charge in [0, 0.05) is 11.6 Å². The van der Waals surface area contributed by atoms with Crippen LogP contribution >= 0.6 is 12.2 Å². The summed E-state index contributed by atoms with van der Waals surface area (Å²) >= 11 is 5.69. The van der Waals surface area contributed by atoms with Crippen molar-refractivity contribution in [3.63, 3.8) is 0 Å². The summed E-state index contributed by atoms with van der Waals surface area (Å²) in [5, 5.41) is 3.45. The standard InChI is InChI=1S/C17H25NS/c1-12(2)15-10-9-13(3)11-16(15)17(19)18-14-7-5-4-6-8-14/h4-8,12-13,15-16H,9-11H2,1-3H3,(H,18,19). The number of rotatable bonds is 3. The van der Waals surface area contributed by atoms with E-state index >= 15 is 0 Å². The Hall–Kier alpha value is -0.890. The van der Waals surface area contributed by atoms with Gasteiger partial charge in [-0.25, -0.2) is 0 Å². The molecule has 1 aromatic rings. The quantitative estimate of drug-likeness (QED) is 0.767. The van der Waals surface area contributed by atoms with Gasteiger partial charge in [0.2, 0.25) is 0 Å². The van der Waals surface area contributed by atoms with Gasteiger partial charge in [-0.1, -0.05) is 57.6 Å². The Morgan fingerprint density at radius 1 is 1.21 bits per heavy atom. The van der Waals surface area contributed by atoms with Crippen molar-refractivity contribution in [2.24, 2.45) is 23.7 Å². The summed E-state index contributed by atoms with van der Waals surface area (Å²) in [5.74, 6) is 2.79. The highest BCUT2D eigenvalue weighted by atomic mass is 32.1. The van der Waals surface area contributed by atoms with Gasteiger partial charge < -0.3 is 5.32 Å². The third-order valence-corrected chi connectivity index (χ3v) is 4.81. The number of nitrogens with one attached hydrogen (secondary N) is 1. The maximum atomic E-state index is 5.69. The Kier molecular flexibility index (Phi) is 4.98. The van der Waals surface area contributed by atoms with E-state index in [2.05, 4.69) is 38.2 Å². The molecule has 1 nitrogen and oxygen atoms in total. The van der Waals surface area contributed by atoms with Crippen LogP contribution in [0.25, 0.3) is 0 Å². The molecule has 0 spiro atoms. The molecule has 1 aromatic carbocycles. The highest BCUT2D eigenvalue weighted by molar-refractivity contribution is 7.80. The highest BCUT2D eigenvalue weighted by Gasteiger charge is 2.33. The molecular formula is C17H25NS. The van der Waals surface area contributed by atoms with Crippen LogP contribution in [0.2, 0.25) is 0 Å². The molecule has 2 rings (SSSR count). The third-order valence-electron chi connectivity index (χ3n) is 4.40. The van der Waals surface area contributed by atoms with Gasteiger partial charge in [-0.15, -0.1) is 0 Å². The molecule has 1 fully saturated rings. The Morgan fingerprint density at radius 2 is 1.89 bits per heavy atom. The Bertz CT molecular complexity index is 413. The average Bonchev–Trinajstić information content (AvgIpc) is 2.39. The second-order valence-electron chi connectivity index (χ2n) is 6.29. The van der Waals surface area contributed by atoms with Crippen LogP contribution in [0.5, 0.6) is 0 Å². The van der Waals surface area contributed by atoms with Crippen molar-refractivity contribution in [3.8, 4) is 0 Å². The lowest BCUT2D eigenvalue weighted by Gasteiger charge is -2.37. The largest absolute Gasteiger partial charge is 0.350 e. The normalized spacial score (nSPS) is 27.3. The van der Waals surface area contributed by atoms with Crippen molar-refractivity contribution in [2.45, 2.75) is 40.0 Å². The summed E-state index contributed by atoms with van der Waals surface area (Å²) in [4.78, 5) is 1.04. The smallest absolute Gasteiger partial charge is 0.0831 e. The molecule has 1 N–H and O–H groups in total. The summed E-state index contributed by atoms with van der Waals surface area (Å²) < 4.78 is 0. The van der Waals surface area contributed by atoms with Crippen LogP contribution in [0.15, 0.2) is 30.3 Å². The van der Waals surface area contributed by atoms with Crippen molar-refractivity contribution < 1.29 is 0 Å². The van der Waals surface area contributed by atoms with E-state index in [1.165, 1.54) is 19.3 Å². The summed E-state index contributed by atoms with van der Waals surface area (Å²) in [7, 11) is 0. The molecule has 0 radical (unpaired) electrons.